The summed E-state index contributed by atoms with van der Waals surface area (Å²) in [7, 11) is 0. The number of benzene rings is 1. The lowest BCUT2D eigenvalue weighted by atomic mass is 9.43. The van der Waals surface area contributed by atoms with Crippen molar-refractivity contribution in [3.05, 3.63) is 52.1 Å². The van der Waals surface area contributed by atoms with E-state index in [-0.39, 0.29) is 0 Å². The molecule has 3 atom stereocenters. The van der Waals surface area contributed by atoms with Crippen molar-refractivity contribution in [3.8, 4) is 11.3 Å². The van der Waals surface area contributed by atoms with Crippen molar-refractivity contribution in [3.63, 3.8) is 0 Å². The summed E-state index contributed by atoms with van der Waals surface area (Å²) in [5, 5.41) is 8.99. The van der Waals surface area contributed by atoms with E-state index in [0.29, 0.717) is 17.3 Å². The molecule has 3 nitrogen and oxygen atoms in total. The Hall–Kier alpha value is -1.85. The highest BCUT2D eigenvalue weighted by atomic mass is 32.2. The molecule has 3 unspecified atom stereocenters. The van der Waals surface area contributed by atoms with E-state index in [4.69, 9.17) is 22.0 Å². The average molecular weight is 479 g/mol. The third-order valence-electron chi connectivity index (χ3n) is 8.27. The normalized spacial score (nSPS) is 27.6. The predicted octanol–water partition coefficient (Wildman–Crippen LogP) is 8.22. The van der Waals surface area contributed by atoms with Crippen LogP contribution < -0.4 is 0 Å². The number of fused-ring (bicyclic) bond motifs is 1. The number of rotatable bonds is 8. The van der Waals surface area contributed by atoms with Crippen LogP contribution in [0.2, 0.25) is 0 Å². The first-order valence-electron chi connectivity index (χ1n) is 12.5. The van der Waals surface area contributed by atoms with Crippen LogP contribution in [0.25, 0.3) is 17.4 Å². The van der Waals surface area contributed by atoms with Gasteiger partial charge >= 0.3 is 0 Å². The Morgan fingerprint density at radius 3 is 2.67 bits per heavy atom. The lowest BCUT2D eigenvalue weighted by Crippen LogP contribution is -2.66. The van der Waals surface area contributed by atoms with Crippen LogP contribution in [0.3, 0.4) is 0 Å². The Morgan fingerprint density at radius 2 is 2.03 bits per heavy atom. The standard InChI is InChI=1S/C28H34N2OS2/c1-4-6-7-8-20-15-22(19-11-9-18(3)10-12-19)31-23(20)17-24-26(29)30(27(32)33-24)25-16-21-13-14-28(21,25)5-2/h9-12,15,17,21,25,29H,4-8,13-14,16H2,1-3H3/b24-17-,29-26?. The van der Waals surface area contributed by atoms with Gasteiger partial charge in [0.25, 0.3) is 0 Å². The van der Waals surface area contributed by atoms with E-state index in [2.05, 4.69) is 62.1 Å². The first-order valence-corrected chi connectivity index (χ1v) is 13.7. The molecule has 174 valence electrons. The van der Waals surface area contributed by atoms with Crippen LogP contribution in [-0.2, 0) is 6.42 Å². The zero-order valence-corrected chi connectivity index (χ0v) is 21.6. The molecule has 1 saturated heterocycles. The molecule has 33 heavy (non-hydrogen) atoms. The fourth-order valence-electron chi connectivity index (χ4n) is 6.01. The molecular formula is C28H34N2OS2. The van der Waals surface area contributed by atoms with Gasteiger partial charge in [-0.1, -0.05) is 80.5 Å². The summed E-state index contributed by atoms with van der Waals surface area (Å²) >= 11 is 7.36. The molecule has 0 amide bonds. The molecule has 5 rings (SSSR count). The first kappa shape index (κ1) is 22.9. The number of thioether (sulfide) groups is 1. The molecule has 1 N–H and O–H groups in total. The Labute approximate surface area is 207 Å². The van der Waals surface area contributed by atoms with E-state index < -0.39 is 0 Å². The van der Waals surface area contributed by atoms with E-state index in [0.717, 1.165) is 45.1 Å². The van der Waals surface area contributed by atoms with Crippen LogP contribution in [0.15, 0.2) is 39.7 Å². The molecule has 3 aliphatic rings. The third-order valence-corrected chi connectivity index (χ3v) is 9.62. The van der Waals surface area contributed by atoms with Gasteiger partial charge in [0.15, 0.2) is 0 Å². The monoisotopic (exact) mass is 478 g/mol. The maximum Gasteiger partial charge on any atom is 0.147 e. The van der Waals surface area contributed by atoms with Crippen molar-refractivity contribution in [1.29, 1.82) is 5.41 Å². The number of nitrogens with zero attached hydrogens (tertiary/aromatic N) is 1. The van der Waals surface area contributed by atoms with Crippen molar-refractivity contribution in [2.45, 2.75) is 78.2 Å². The average Bonchev–Trinajstić information content (AvgIpc) is 3.31. The van der Waals surface area contributed by atoms with E-state index in [1.165, 1.54) is 49.7 Å². The predicted molar refractivity (Wildman–Crippen MR) is 144 cm³/mol. The number of unbranched alkanes of at least 4 members (excludes halogenated alkanes) is 2. The van der Waals surface area contributed by atoms with Crippen LogP contribution in [0.1, 0.15) is 75.7 Å². The Bertz CT molecular complexity index is 1100. The van der Waals surface area contributed by atoms with Gasteiger partial charge in [-0.2, -0.15) is 0 Å². The van der Waals surface area contributed by atoms with Crippen molar-refractivity contribution in [2.75, 3.05) is 0 Å². The highest BCUT2D eigenvalue weighted by molar-refractivity contribution is 8.26. The topological polar surface area (TPSA) is 40.2 Å². The molecule has 1 aliphatic heterocycles. The first-order chi connectivity index (χ1) is 16.0. The fourth-order valence-corrected chi connectivity index (χ4v) is 7.36. The van der Waals surface area contributed by atoms with Gasteiger partial charge in [0, 0.05) is 11.6 Å². The molecule has 0 bridgehead atoms. The van der Waals surface area contributed by atoms with E-state index in [1.54, 1.807) is 11.8 Å². The molecule has 2 saturated carbocycles. The largest absolute Gasteiger partial charge is 0.456 e. The zero-order chi connectivity index (χ0) is 23.2. The van der Waals surface area contributed by atoms with Gasteiger partial charge in [-0.25, -0.2) is 0 Å². The summed E-state index contributed by atoms with van der Waals surface area (Å²) in [4.78, 5) is 3.08. The fraction of sp³-hybridized carbons (Fsp3) is 0.500. The van der Waals surface area contributed by atoms with Gasteiger partial charge in [-0.15, -0.1) is 0 Å². The number of nitrogens with one attached hydrogen (secondary N) is 1. The minimum Gasteiger partial charge on any atom is -0.456 e. The van der Waals surface area contributed by atoms with Crippen molar-refractivity contribution < 1.29 is 4.42 Å². The number of aryl methyl sites for hydroxylation is 2. The number of thiocarbonyl (C=S) groups is 1. The molecule has 1 aromatic heterocycles. The molecule has 3 fully saturated rings. The van der Waals surface area contributed by atoms with Gasteiger partial charge in [0.05, 0.1) is 4.91 Å². The molecule has 0 radical (unpaired) electrons. The third kappa shape index (κ3) is 3.91. The van der Waals surface area contributed by atoms with Crippen molar-refractivity contribution in [1.82, 2.24) is 4.90 Å². The summed E-state index contributed by atoms with van der Waals surface area (Å²) in [5.41, 5.74) is 3.97. The SMILES string of the molecule is CCCCCc1cc(-c2ccc(C)cc2)oc1/C=C1\SC(=S)N(C2CC3CCC32CC)C1=N. The summed E-state index contributed by atoms with van der Waals surface area (Å²) < 4.78 is 7.24. The van der Waals surface area contributed by atoms with E-state index in [9.17, 15) is 0 Å². The molecule has 0 spiro atoms. The quantitative estimate of drug-likeness (QED) is 0.306. The highest BCUT2D eigenvalue weighted by Gasteiger charge is 2.62. The van der Waals surface area contributed by atoms with Crippen LogP contribution in [0.5, 0.6) is 0 Å². The van der Waals surface area contributed by atoms with Crippen LogP contribution >= 0.6 is 24.0 Å². The zero-order valence-electron chi connectivity index (χ0n) is 19.9. The number of hydrogen-bond acceptors (Lipinski definition) is 4. The smallest absolute Gasteiger partial charge is 0.147 e. The molecule has 2 aliphatic carbocycles. The molecule has 5 heteroatoms. The van der Waals surface area contributed by atoms with Crippen LogP contribution in [-0.4, -0.2) is 21.1 Å². The lowest BCUT2D eigenvalue weighted by Gasteiger charge is -2.66. The van der Waals surface area contributed by atoms with Crippen molar-refractivity contribution in [2.24, 2.45) is 11.3 Å². The molecule has 2 heterocycles. The summed E-state index contributed by atoms with van der Waals surface area (Å²) in [6.45, 7) is 6.65. The second-order valence-corrected chi connectivity index (χ2v) is 11.7. The number of amidine groups is 1. The van der Waals surface area contributed by atoms with Gasteiger partial charge in [-0.3, -0.25) is 5.41 Å². The number of furan rings is 1. The second-order valence-electron chi connectivity index (χ2n) is 9.99. The van der Waals surface area contributed by atoms with E-state index >= 15 is 0 Å². The van der Waals surface area contributed by atoms with Crippen molar-refractivity contribution >= 4 is 40.2 Å². The Morgan fingerprint density at radius 1 is 1.24 bits per heavy atom. The van der Waals surface area contributed by atoms with Gasteiger partial charge in [0.2, 0.25) is 0 Å². The van der Waals surface area contributed by atoms with Gasteiger partial charge in [-0.05, 0) is 74.5 Å². The lowest BCUT2D eigenvalue weighted by molar-refractivity contribution is -0.131. The molecular weight excluding hydrogens is 444 g/mol. The van der Waals surface area contributed by atoms with Crippen LogP contribution in [0, 0.1) is 23.7 Å². The maximum atomic E-state index is 8.99. The maximum absolute atomic E-state index is 8.99. The summed E-state index contributed by atoms with van der Waals surface area (Å²) in [5.74, 6) is 3.21. The molecule has 2 aromatic rings. The second kappa shape index (κ2) is 9.07. The summed E-state index contributed by atoms with van der Waals surface area (Å²) in [6.07, 6.45) is 11.7. The minimum atomic E-state index is 0.390. The summed E-state index contributed by atoms with van der Waals surface area (Å²) in [6, 6.07) is 11.1. The van der Waals surface area contributed by atoms with Gasteiger partial charge in [0.1, 0.15) is 21.7 Å². The van der Waals surface area contributed by atoms with Gasteiger partial charge < -0.3 is 9.32 Å². The minimum absolute atomic E-state index is 0.390. The van der Waals surface area contributed by atoms with E-state index in [1.807, 2.05) is 0 Å². The highest BCUT2D eigenvalue weighted by Crippen LogP contribution is 2.65. The Kier molecular flexibility index (Phi) is 6.30. The van der Waals surface area contributed by atoms with Crippen LogP contribution in [0.4, 0.5) is 0 Å². The number of hydrogen-bond donors (Lipinski definition) is 1. The Balaban J connectivity index is 1.43. The molecule has 1 aromatic carbocycles.